The predicted molar refractivity (Wildman–Crippen MR) is 109 cm³/mol. The Kier molecular flexibility index (Phi) is 6.62. The van der Waals surface area contributed by atoms with Gasteiger partial charge >= 0.3 is 0 Å². The lowest BCUT2D eigenvalue weighted by atomic mass is 10.1. The molecule has 0 aliphatic carbocycles. The van der Waals surface area contributed by atoms with E-state index in [4.69, 9.17) is 10.6 Å². The van der Waals surface area contributed by atoms with E-state index in [0.717, 1.165) is 18.4 Å². The van der Waals surface area contributed by atoms with Crippen LogP contribution in [0.4, 0.5) is 11.4 Å². The van der Waals surface area contributed by atoms with Crippen LogP contribution in [0, 0.1) is 0 Å². The first kappa shape index (κ1) is 19.4. The molecule has 7 heteroatoms. The first-order valence-electron chi connectivity index (χ1n) is 9.31. The van der Waals surface area contributed by atoms with Crippen molar-refractivity contribution in [2.75, 3.05) is 23.4 Å². The maximum absolute atomic E-state index is 12.2. The molecule has 146 valence electrons. The lowest BCUT2D eigenvalue weighted by Crippen LogP contribution is -2.26. The van der Waals surface area contributed by atoms with Gasteiger partial charge in [-0.25, -0.2) is 0 Å². The average molecular weight is 380 g/mol. The highest BCUT2D eigenvalue weighted by molar-refractivity contribution is 6.02. The summed E-state index contributed by atoms with van der Waals surface area (Å²) in [7, 11) is 0. The number of carbonyl (C=O) groups excluding carboxylic acids is 2. The number of hydrogen-bond acceptors (Lipinski definition) is 4. The van der Waals surface area contributed by atoms with Crippen LogP contribution in [0.1, 0.15) is 24.8 Å². The Balaban J connectivity index is 1.49. The minimum atomic E-state index is -0.362. The smallest absolute Gasteiger partial charge is 0.265 e. The van der Waals surface area contributed by atoms with Gasteiger partial charge < -0.3 is 20.8 Å². The number of para-hydroxylation sites is 2. The number of rotatable bonds is 8. The summed E-state index contributed by atoms with van der Waals surface area (Å²) < 4.78 is 0. The van der Waals surface area contributed by atoms with Crippen molar-refractivity contribution in [3.8, 4) is 0 Å². The molecule has 2 aromatic rings. The van der Waals surface area contributed by atoms with Crippen molar-refractivity contribution < 1.29 is 14.4 Å². The fraction of sp³-hybridized carbons (Fsp3) is 0.286. The van der Waals surface area contributed by atoms with Crippen molar-refractivity contribution in [3.05, 3.63) is 60.2 Å². The third kappa shape index (κ3) is 5.33. The van der Waals surface area contributed by atoms with Gasteiger partial charge in [-0.1, -0.05) is 47.6 Å². The van der Waals surface area contributed by atoms with Crippen LogP contribution < -0.4 is 16.0 Å². The Morgan fingerprint density at radius 1 is 1.14 bits per heavy atom. The summed E-state index contributed by atoms with van der Waals surface area (Å²) in [6, 6.07) is 17.2. The van der Waals surface area contributed by atoms with E-state index in [2.05, 4.69) is 10.5 Å². The first-order valence-corrected chi connectivity index (χ1v) is 9.31. The van der Waals surface area contributed by atoms with Gasteiger partial charge in [0.25, 0.3) is 5.91 Å². The molecular weight excluding hydrogens is 356 g/mol. The van der Waals surface area contributed by atoms with E-state index in [1.54, 1.807) is 17.0 Å². The van der Waals surface area contributed by atoms with Crippen LogP contribution in [-0.4, -0.2) is 30.8 Å². The number of aryl methyl sites for hydroxylation is 1. The molecule has 0 radical (unpaired) electrons. The minimum absolute atomic E-state index is 0.0636. The van der Waals surface area contributed by atoms with E-state index < -0.39 is 0 Å². The van der Waals surface area contributed by atoms with E-state index in [1.807, 2.05) is 42.5 Å². The van der Waals surface area contributed by atoms with Gasteiger partial charge in [-0.05, 0) is 30.5 Å². The van der Waals surface area contributed by atoms with Crippen molar-refractivity contribution in [1.82, 2.24) is 0 Å². The van der Waals surface area contributed by atoms with E-state index in [1.165, 1.54) is 0 Å². The molecule has 0 spiro atoms. The molecule has 0 aromatic heterocycles. The molecular formula is C21H24N4O3. The molecule has 0 saturated carbocycles. The fourth-order valence-electron chi connectivity index (χ4n) is 3.04. The Morgan fingerprint density at radius 2 is 1.89 bits per heavy atom. The number of nitrogens with one attached hydrogen (secondary N) is 1. The van der Waals surface area contributed by atoms with E-state index >= 15 is 0 Å². The first-order chi connectivity index (χ1) is 13.6. The maximum atomic E-state index is 12.2. The molecule has 0 bridgehead atoms. The number of nitrogens with zero attached hydrogens (tertiary/aromatic N) is 2. The molecule has 2 amide bonds. The quantitative estimate of drug-likeness (QED) is 0.418. The summed E-state index contributed by atoms with van der Waals surface area (Å²) in [5, 5.41) is 6.57. The normalized spacial score (nSPS) is 14.2. The third-order valence-corrected chi connectivity index (χ3v) is 4.43. The Labute approximate surface area is 164 Å². The second-order valence-electron chi connectivity index (χ2n) is 6.56. The van der Waals surface area contributed by atoms with Crippen LogP contribution in [0.5, 0.6) is 0 Å². The molecule has 1 aliphatic heterocycles. The average Bonchev–Trinajstić information content (AvgIpc) is 3.13. The molecule has 1 aliphatic rings. The van der Waals surface area contributed by atoms with Crippen molar-refractivity contribution in [2.45, 2.75) is 25.7 Å². The highest BCUT2D eigenvalue weighted by Crippen LogP contribution is 2.29. The van der Waals surface area contributed by atoms with E-state index in [0.29, 0.717) is 36.6 Å². The highest BCUT2D eigenvalue weighted by Gasteiger charge is 2.24. The number of benzene rings is 2. The minimum Gasteiger partial charge on any atom is -0.384 e. The lowest BCUT2D eigenvalue weighted by molar-refractivity contribution is -0.120. The van der Waals surface area contributed by atoms with Gasteiger partial charge in [0.15, 0.2) is 6.61 Å². The standard InChI is InChI=1S/C21H24N4O3/c22-19(13-12-16-7-2-1-3-8-16)24-28-15-20(26)23-17-9-4-5-10-18(17)25-14-6-11-21(25)27/h1-5,7-10H,6,11-15H2,(H2,22,24)(H,23,26). The van der Waals surface area contributed by atoms with Crippen molar-refractivity contribution in [1.29, 1.82) is 0 Å². The topological polar surface area (TPSA) is 97.0 Å². The number of nitrogens with two attached hydrogens (primary N) is 1. The molecule has 28 heavy (non-hydrogen) atoms. The number of anilines is 2. The number of amidine groups is 1. The molecule has 1 saturated heterocycles. The summed E-state index contributed by atoms with van der Waals surface area (Å²) in [5.74, 6) is 0.0344. The fourth-order valence-corrected chi connectivity index (χ4v) is 3.04. The second-order valence-corrected chi connectivity index (χ2v) is 6.56. The number of oxime groups is 1. The Bertz CT molecular complexity index is 852. The molecule has 3 rings (SSSR count). The van der Waals surface area contributed by atoms with Crippen LogP contribution in [0.2, 0.25) is 0 Å². The van der Waals surface area contributed by atoms with Gasteiger partial charge in [0, 0.05) is 19.4 Å². The van der Waals surface area contributed by atoms with Crippen LogP contribution >= 0.6 is 0 Å². The van der Waals surface area contributed by atoms with Gasteiger partial charge in [0.2, 0.25) is 5.91 Å². The molecule has 0 unspecified atom stereocenters. The van der Waals surface area contributed by atoms with Crippen molar-refractivity contribution >= 4 is 29.0 Å². The second kappa shape index (κ2) is 9.55. The monoisotopic (exact) mass is 380 g/mol. The molecule has 1 fully saturated rings. The molecule has 1 heterocycles. The number of hydrogen-bond donors (Lipinski definition) is 2. The number of amides is 2. The van der Waals surface area contributed by atoms with Gasteiger partial charge in [-0.15, -0.1) is 0 Å². The summed E-state index contributed by atoms with van der Waals surface area (Å²) in [6.07, 6.45) is 2.65. The SMILES string of the molecule is N/C(CCc1ccccc1)=N\OCC(=O)Nc1ccccc1N1CCCC1=O. The Morgan fingerprint density at radius 3 is 2.64 bits per heavy atom. The molecule has 3 N–H and O–H groups in total. The molecule has 0 atom stereocenters. The van der Waals surface area contributed by atoms with Crippen LogP contribution in [0.3, 0.4) is 0 Å². The van der Waals surface area contributed by atoms with Gasteiger partial charge in [0.05, 0.1) is 11.4 Å². The molecule has 2 aromatic carbocycles. The zero-order valence-electron chi connectivity index (χ0n) is 15.6. The summed E-state index contributed by atoms with van der Waals surface area (Å²) in [5.41, 5.74) is 8.26. The molecule has 7 nitrogen and oxygen atoms in total. The van der Waals surface area contributed by atoms with Gasteiger partial charge in [-0.2, -0.15) is 0 Å². The van der Waals surface area contributed by atoms with Crippen LogP contribution in [0.15, 0.2) is 59.8 Å². The van der Waals surface area contributed by atoms with Crippen molar-refractivity contribution in [3.63, 3.8) is 0 Å². The lowest BCUT2D eigenvalue weighted by Gasteiger charge is -2.19. The third-order valence-electron chi connectivity index (χ3n) is 4.43. The summed E-state index contributed by atoms with van der Waals surface area (Å²) in [4.78, 5) is 30.9. The largest absolute Gasteiger partial charge is 0.384 e. The van der Waals surface area contributed by atoms with E-state index in [-0.39, 0.29) is 18.4 Å². The van der Waals surface area contributed by atoms with Crippen LogP contribution in [-0.2, 0) is 20.8 Å². The van der Waals surface area contributed by atoms with Gasteiger partial charge in [0.1, 0.15) is 5.84 Å². The zero-order chi connectivity index (χ0) is 19.8. The van der Waals surface area contributed by atoms with Crippen molar-refractivity contribution in [2.24, 2.45) is 10.9 Å². The Hall–Kier alpha value is -3.35. The summed E-state index contributed by atoms with van der Waals surface area (Å²) in [6.45, 7) is 0.402. The van der Waals surface area contributed by atoms with E-state index in [9.17, 15) is 9.59 Å². The maximum Gasteiger partial charge on any atom is 0.265 e. The number of carbonyl (C=O) groups is 2. The van der Waals surface area contributed by atoms with Gasteiger partial charge in [-0.3, -0.25) is 9.59 Å². The predicted octanol–water partition coefficient (Wildman–Crippen LogP) is 2.67. The summed E-state index contributed by atoms with van der Waals surface area (Å²) >= 11 is 0. The zero-order valence-corrected chi connectivity index (χ0v) is 15.6. The highest BCUT2D eigenvalue weighted by atomic mass is 16.6. The van der Waals surface area contributed by atoms with Crippen LogP contribution in [0.25, 0.3) is 0 Å².